The SMILES string of the molecule is Cc1nc(CCNS(=O)(=O)N2CCNCC2)no1. The van der Waals surface area contributed by atoms with Gasteiger partial charge in [0.2, 0.25) is 5.89 Å². The van der Waals surface area contributed by atoms with Gasteiger partial charge in [0.15, 0.2) is 5.82 Å². The number of hydrogen-bond donors (Lipinski definition) is 2. The predicted molar refractivity (Wildman–Crippen MR) is 64.1 cm³/mol. The van der Waals surface area contributed by atoms with Crippen LogP contribution in [0.25, 0.3) is 0 Å². The van der Waals surface area contributed by atoms with Gasteiger partial charge in [-0.15, -0.1) is 0 Å². The van der Waals surface area contributed by atoms with Crippen molar-refractivity contribution in [1.29, 1.82) is 0 Å². The van der Waals surface area contributed by atoms with Crippen molar-refractivity contribution in [3.8, 4) is 0 Å². The number of nitrogens with one attached hydrogen (secondary N) is 2. The molecule has 2 rings (SSSR count). The van der Waals surface area contributed by atoms with Gasteiger partial charge in [-0.05, 0) is 0 Å². The summed E-state index contributed by atoms with van der Waals surface area (Å²) in [5.41, 5.74) is 0. The molecular formula is C9H17N5O3S. The molecule has 18 heavy (non-hydrogen) atoms. The normalized spacial score (nSPS) is 18.1. The van der Waals surface area contributed by atoms with Crippen molar-refractivity contribution in [2.45, 2.75) is 13.3 Å². The average molecular weight is 275 g/mol. The molecule has 1 aliphatic heterocycles. The van der Waals surface area contributed by atoms with Gasteiger partial charge in [0.25, 0.3) is 10.2 Å². The Morgan fingerprint density at radius 1 is 1.44 bits per heavy atom. The Bertz CT molecular complexity index is 480. The molecule has 0 atom stereocenters. The Labute approximate surface area is 106 Å². The average Bonchev–Trinajstić information content (AvgIpc) is 2.76. The van der Waals surface area contributed by atoms with E-state index in [9.17, 15) is 8.42 Å². The van der Waals surface area contributed by atoms with E-state index in [1.165, 1.54) is 4.31 Å². The number of piperazine rings is 1. The Kier molecular flexibility index (Phi) is 4.27. The zero-order valence-corrected chi connectivity index (χ0v) is 11.0. The van der Waals surface area contributed by atoms with Crippen LogP contribution < -0.4 is 10.0 Å². The standard InChI is InChI=1S/C9H17N5O3S/c1-8-12-9(13-17-8)2-3-11-18(15,16)14-6-4-10-5-7-14/h10-11H,2-7H2,1H3. The van der Waals surface area contributed by atoms with E-state index in [0.717, 1.165) is 0 Å². The highest BCUT2D eigenvalue weighted by molar-refractivity contribution is 7.87. The third-order valence-corrected chi connectivity index (χ3v) is 4.23. The van der Waals surface area contributed by atoms with Gasteiger partial charge in [0.1, 0.15) is 0 Å². The van der Waals surface area contributed by atoms with Crippen molar-refractivity contribution < 1.29 is 12.9 Å². The van der Waals surface area contributed by atoms with E-state index in [0.29, 0.717) is 44.3 Å². The highest BCUT2D eigenvalue weighted by atomic mass is 32.2. The molecule has 102 valence electrons. The first-order valence-corrected chi connectivity index (χ1v) is 7.26. The second-order valence-electron chi connectivity index (χ2n) is 4.03. The summed E-state index contributed by atoms with van der Waals surface area (Å²) >= 11 is 0. The first kappa shape index (κ1) is 13.4. The molecule has 0 spiro atoms. The maximum absolute atomic E-state index is 11.9. The van der Waals surface area contributed by atoms with Gasteiger partial charge >= 0.3 is 0 Å². The van der Waals surface area contributed by atoms with E-state index in [4.69, 9.17) is 4.52 Å². The first-order chi connectivity index (χ1) is 8.58. The van der Waals surface area contributed by atoms with E-state index >= 15 is 0 Å². The Morgan fingerprint density at radius 2 is 2.17 bits per heavy atom. The zero-order chi connectivity index (χ0) is 13.0. The monoisotopic (exact) mass is 275 g/mol. The van der Waals surface area contributed by atoms with Gasteiger partial charge in [-0.1, -0.05) is 5.16 Å². The lowest BCUT2D eigenvalue weighted by Crippen LogP contribution is -2.50. The van der Waals surface area contributed by atoms with E-state index in [1.54, 1.807) is 6.92 Å². The van der Waals surface area contributed by atoms with E-state index in [2.05, 4.69) is 20.2 Å². The summed E-state index contributed by atoms with van der Waals surface area (Å²) in [5, 5.41) is 6.81. The van der Waals surface area contributed by atoms with Crippen LogP contribution in [0.1, 0.15) is 11.7 Å². The fraction of sp³-hybridized carbons (Fsp3) is 0.778. The van der Waals surface area contributed by atoms with Crippen molar-refractivity contribution in [2.24, 2.45) is 0 Å². The van der Waals surface area contributed by atoms with E-state index < -0.39 is 10.2 Å². The van der Waals surface area contributed by atoms with Crippen LogP contribution in [0.5, 0.6) is 0 Å². The van der Waals surface area contributed by atoms with Crippen molar-refractivity contribution in [1.82, 2.24) is 24.5 Å². The lowest BCUT2D eigenvalue weighted by molar-refractivity contribution is 0.354. The molecule has 0 unspecified atom stereocenters. The van der Waals surface area contributed by atoms with Crippen molar-refractivity contribution in [3.05, 3.63) is 11.7 Å². The topological polar surface area (TPSA) is 100 Å². The predicted octanol–water partition coefficient (Wildman–Crippen LogP) is -1.34. The second-order valence-corrected chi connectivity index (χ2v) is 5.78. The number of rotatable bonds is 5. The lowest BCUT2D eigenvalue weighted by atomic mass is 10.4. The Morgan fingerprint density at radius 3 is 2.78 bits per heavy atom. The van der Waals surface area contributed by atoms with Crippen LogP contribution >= 0.6 is 0 Å². The molecule has 1 fully saturated rings. The maximum Gasteiger partial charge on any atom is 0.279 e. The van der Waals surface area contributed by atoms with Crippen LogP contribution in [-0.4, -0.2) is 55.6 Å². The molecule has 1 aromatic rings. The van der Waals surface area contributed by atoms with Gasteiger partial charge < -0.3 is 9.84 Å². The number of aromatic nitrogens is 2. The van der Waals surface area contributed by atoms with Crippen LogP contribution in [0, 0.1) is 6.92 Å². The summed E-state index contributed by atoms with van der Waals surface area (Å²) in [6, 6.07) is 0. The van der Waals surface area contributed by atoms with E-state index in [1.807, 2.05) is 0 Å². The smallest absolute Gasteiger partial charge is 0.279 e. The molecule has 9 heteroatoms. The third kappa shape index (κ3) is 3.48. The molecular weight excluding hydrogens is 258 g/mol. The van der Waals surface area contributed by atoms with Crippen LogP contribution in [-0.2, 0) is 16.6 Å². The summed E-state index contributed by atoms with van der Waals surface area (Å²) in [5.74, 6) is 0.991. The first-order valence-electron chi connectivity index (χ1n) is 5.82. The van der Waals surface area contributed by atoms with Gasteiger partial charge in [-0.3, -0.25) is 0 Å². The maximum atomic E-state index is 11.9. The molecule has 1 saturated heterocycles. The summed E-state index contributed by atoms with van der Waals surface area (Å²) in [6.07, 6.45) is 0.419. The summed E-state index contributed by atoms with van der Waals surface area (Å²) in [4.78, 5) is 4.01. The molecule has 1 aromatic heterocycles. The highest BCUT2D eigenvalue weighted by Gasteiger charge is 2.22. The molecule has 2 N–H and O–H groups in total. The fourth-order valence-electron chi connectivity index (χ4n) is 1.71. The highest BCUT2D eigenvalue weighted by Crippen LogP contribution is 2.00. The molecule has 0 aromatic carbocycles. The molecule has 0 amide bonds. The molecule has 1 aliphatic rings. The number of nitrogens with zero attached hydrogens (tertiary/aromatic N) is 3. The van der Waals surface area contributed by atoms with Crippen molar-refractivity contribution in [2.75, 3.05) is 32.7 Å². The Hall–Kier alpha value is -1.03. The molecule has 0 aliphatic carbocycles. The van der Waals surface area contributed by atoms with Crippen LogP contribution in [0.3, 0.4) is 0 Å². The number of hydrogen-bond acceptors (Lipinski definition) is 6. The molecule has 0 radical (unpaired) electrons. The molecule has 0 saturated carbocycles. The quantitative estimate of drug-likeness (QED) is 0.690. The van der Waals surface area contributed by atoms with Crippen LogP contribution in [0.15, 0.2) is 4.52 Å². The van der Waals surface area contributed by atoms with Crippen molar-refractivity contribution in [3.63, 3.8) is 0 Å². The van der Waals surface area contributed by atoms with Gasteiger partial charge in [-0.2, -0.15) is 17.7 Å². The minimum atomic E-state index is -3.39. The van der Waals surface area contributed by atoms with Crippen molar-refractivity contribution >= 4 is 10.2 Å². The lowest BCUT2D eigenvalue weighted by Gasteiger charge is -2.26. The molecule has 2 heterocycles. The van der Waals surface area contributed by atoms with Gasteiger partial charge in [0, 0.05) is 46.1 Å². The van der Waals surface area contributed by atoms with Crippen LogP contribution in [0.4, 0.5) is 0 Å². The van der Waals surface area contributed by atoms with Gasteiger partial charge in [-0.25, -0.2) is 4.72 Å². The minimum Gasteiger partial charge on any atom is -0.340 e. The summed E-state index contributed by atoms with van der Waals surface area (Å²) < 4.78 is 32.6. The summed E-state index contributed by atoms with van der Waals surface area (Å²) in [7, 11) is -3.39. The summed E-state index contributed by atoms with van der Waals surface area (Å²) in [6.45, 7) is 4.33. The van der Waals surface area contributed by atoms with E-state index in [-0.39, 0.29) is 6.54 Å². The second kappa shape index (κ2) is 5.74. The Balaban J connectivity index is 1.81. The van der Waals surface area contributed by atoms with Crippen LogP contribution in [0.2, 0.25) is 0 Å². The largest absolute Gasteiger partial charge is 0.340 e. The molecule has 0 bridgehead atoms. The minimum absolute atomic E-state index is 0.269. The third-order valence-electron chi connectivity index (χ3n) is 2.62. The fourth-order valence-corrected chi connectivity index (χ4v) is 2.92. The molecule has 8 nitrogen and oxygen atoms in total. The zero-order valence-electron chi connectivity index (χ0n) is 10.2. The van der Waals surface area contributed by atoms with Gasteiger partial charge in [0.05, 0.1) is 0 Å². The number of aryl methyl sites for hydroxylation is 1.